The highest BCUT2D eigenvalue weighted by atomic mass is 32.1. The maximum atomic E-state index is 12.0. The fourth-order valence-electron chi connectivity index (χ4n) is 1.61. The Kier molecular flexibility index (Phi) is 3.12. The summed E-state index contributed by atoms with van der Waals surface area (Å²) in [7, 11) is 0. The average Bonchev–Trinajstić information content (AvgIpc) is 3.16. The molecule has 0 unspecified atom stereocenters. The first-order valence-corrected chi connectivity index (χ1v) is 6.61. The zero-order chi connectivity index (χ0) is 13.1. The van der Waals surface area contributed by atoms with Gasteiger partial charge in [0.1, 0.15) is 5.76 Å². The van der Waals surface area contributed by atoms with E-state index in [0.717, 1.165) is 5.76 Å². The number of rotatable bonds is 3. The highest BCUT2D eigenvalue weighted by Gasteiger charge is 2.09. The molecule has 0 aliphatic rings. The first-order valence-electron chi connectivity index (χ1n) is 5.67. The molecular weight excluding hydrogens is 260 g/mol. The van der Waals surface area contributed by atoms with E-state index in [9.17, 15) is 4.79 Å². The molecule has 94 valence electrons. The summed E-state index contributed by atoms with van der Waals surface area (Å²) < 4.78 is 6.52. The fraction of sp³-hybridized carbons (Fsp3) is 0. The zero-order valence-electron chi connectivity index (χ0n) is 9.89. The SMILES string of the molecule is O=C(c1ccsc1)n1ccc(/C=C/c2ccco2)n1. The summed E-state index contributed by atoms with van der Waals surface area (Å²) in [5.41, 5.74) is 1.36. The fourth-order valence-corrected chi connectivity index (χ4v) is 2.24. The number of hydrogen-bond acceptors (Lipinski definition) is 4. The third kappa shape index (κ3) is 2.56. The lowest BCUT2D eigenvalue weighted by Gasteiger charge is -1.95. The Hall–Kier alpha value is -2.40. The molecule has 3 rings (SSSR count). The average molecular weight is 270 g/mol. The minimum atomic E-state index is -0.126. The van der Waals surface area contributed by atoms with E-state index < -0.39 is 0 Å². The molecule has 0 N–H and O–H groups in total. The predicted molar refractivity (Wildman–Crippen MR) is 73.9 cm³/mol. The Morgan fingerprint density at radius 3 is 3.00 bits per heavy atom. The van der Waals surface area contributed by atoms with Crippen LogP contribution in [0.1, 0.15) is 21.8 Å². The maximum absolute atomic E-state index is 12.0. The molecule has 0 spiro atoms. The first-order chi connectivity index (χ1) is 9.33. The monoisotopic (exact) mass is 270 g/mol. The number of furan rings is 1. The standard InChI is InChI=1S/C14H10N2O2S/c17-14(11-6-9-19-10-11)16-7-5-12(15-16)3-4-13-2-1-8-18-13/h1-10H/b4-3+. The van der Waals surface area contributed by atoms with Gasteiger partial charge in [-0.3, -0.25) is 4.79 Å². The zero-order valence-corrected chi connectivity index (χ0v) is 10.7. The molecule has 0 saturated heterocycles. The van der Waals surface area contributed by atoms with Gasteiger partial charge in [0.25, 0.3) is 5.91 Å². The number of aromatic nitrogens is 2. The van der Waals surface area contributed by atoms with Crippen molar-refractivity contribution in [1.29, 1.82) is 0 Å². The van der Waals surface area contributed by atoms with E-state index in [0.29, 0.717) is 11.3 Å². The summed E-state index contributed by atoms with van der Waals surface area (Å²) in [4.78, 5) is 12.0. The lowest BCUT2D eigenvalue weighted by Crippen LogP contribution is -2.11. The van der Waals surface area contributed by atoms with Crippen molar-refractivity contribution in [2.24, 2.45) is 0 Å². The van der Waals surface area contributed by atoms with Crippen molar-refractivity contribution in [2.75, 3.05) is 0 Å². The summed E-state index contributed by atoms with van der Waals surface area (Å²) in [5.74, 6) is 0.623. The van der Waals surface area contributed by atoms with Crippen molar-refractivity contribution >= 4 is 29.4 Å². The molecule has 5 heteroatoms. The molecule has 0 aliphatic heterocycles. The summed E-state index contributed by atoms with van der Waals surface area (Å²) in [6.07, 6.45) is 6.87. The van der Waals surface area contributed by atoms with E-state index in [4.69, 9.17) is 4.42 Å². The number of hydrogen-bond donors (Lipinski definition) is 0. The number of thiophene rings is 1. The van der Waals surface area contributed by atoms with Gasteiger partial charge in [0.2, 0.25) is 0 Å². The van der Waals surface area contributed by atoms with Crippen LogP contribution in [-0.4, -0.2) is 15.7 Å². The van der Waals surface area contributed by atoms with Gasteiger partial charge in [0.15, 0.2) is 0 Å². The highest BCUT2D eigenvalue weighted by molar-refractivity contribution is 7.08. The van der Waals surface area contributed by atoms with Gasteiger partial charge in [-0.15, -0.1) is 0 Å². The van der Waals surface area contributed by atoms with Crippen LogP contribution < -0.4 is 0 Å². The Labute approximate surface area is 113 Å². The second-order valence-corrected chi connectivity index (χ2v) is 4.63. The van der Waals surface area contributed by atoms with Gasteiger partial charge in [-0.05, 0) is 41.8 Å². The smallest absolute Gasteiger partial charge is 0.278 e. The lowest BCUT2D eigenvalue weighted by atomic mass is 10.3. The predicted octanol–water partition coefficient (Wildman–Crippen LogP) is 3.40. The van der Waals surface area contributed by atoms with E-state index in [1.54, 1.807) is 30.7 Å². The molecule has 0 radical (unpaired) electrons. The van der Waals surface area contributed by atoms with E-state index in [1.807, 2.05) is 29.0 Å². The van der Waals surface area contributed by atoms with Crippen molar-refractivity contribution in [3.05, 3.63) is 64.5 Å². The van der Waals surface area contributed by atoms with Crippen LogP contribution in [0.2, 0.25) is 0 Å². The van der Waals surface area contributed by atoms with Crippen LogP contribution in [0.25, 0.3) is 12.2 Å². The topological polar surface area (TPSA) is 48.0 Å². The third-order valence-electron chi connectivity index (χ3n) is 2.55. The van der Waals surface area contributed by atoms with E-state index in [2.05, 4.69) is 5.10 Å². The molecule has 0 fully saturated rings. The van der Waals surface area contributed by atoms with Crippen LogP contribution in [0.5, 0.6) is 0 Å². The molecule has 3 aromatic heterocycles. The van der Waals surface area contributed by atoms with Crippen molar-refractivity contribution in [2.45, 2.75) is 0 Å². The molecule has 0 aliphatic carbocycles. The van der Waals surface area contributed by atoms with E-state index in [-0.39, 0.29) is 5.91 Å². The lowest BCUT2D eigenvalue weighted by molar-refractivity contribution is 0.0945. The van der Waals surface area contributed by atoms with Crippen LogP contribution >= 0.6 is 11.3 Å². The highest BCUT2D eigenvalue weighted by Crippen LogP contribution is 2.10. The molecular formula is C14H10N2O2S. The van der Waals surface area contributed by atoms with Crippen LogP contribution in [0.4, 0.5) is 0 Å². The van der Waals surface area contributed by atoms with Crippen molar-refractivity contribution in [3.8, 4) is 0 Å². The molecule has 3 heterocycles. The van der Waals surface area contributed by atoms with E-state index >= 15 is 0 Å². The second-order valence-electron chi connectivity index (χ2n) is 3.85. The first kappa shape index (κ1) is 11.7. The second kappa shape index (κ2) is 5.07. The molecule has 0 bridgehead atoms. The molecule has 0 amide bonds. The van der Waals surface area contributed by atoms with Gasteiger partial charge in [-0.25, -0.2) is 4.68 Å². The Balaban J connectivity index is 1.78. The molecule has 0 atom stereocenters. The van der Waals surface area contributed by atoms with Crippen molar-refractivity contribution in [3.63, 3.8) is 0 Å². The molecule has 19 heavy (non-hydrogen) atoms. The van der Waals surface area contributed by atoms with Crippen LogP contribution in [0, 0.1) is 0 Å². The summed E-state index contributed by atoms with van der Waals surface area (Å²) >= 11 is 1.49. The van der Waals surface area contributed by atoms with Gasteiger partial charge in [0.05, 0.1) is 17.5 Å². The third-order valence-corrected chi connectivity index (χ3v) is 3.23. The van der Waals surface area contributed by atoms with E-state index in [1.165, 1.54) is 16.0 Å². The van der Waals surface area contributed by atoms with Gasteiger partial charge < -0.3 is 4.42 Å². The minimum Gasteiger partial charge on any atom is -0.465 e. The van der Waals surface area contributed by atoms with Crippen LogP contribution in [0.15, 0.2) is 51.9 Å². The largest absolute Gasteiger partial charge is 0.465 e. The Morgan fingerprint density at radius 1 is 1.32 bits per heavy atom. The normalized spacial score (nSPS) is 11.2. The van der Waals surface area contributed by atoms with Crippen LogP contribution in [-0.2, 0) is 0 Å². The minimum absolute atomic E-state index is 0.126. The van der Waals surface area contributed by atoms with Crippen molar-refractivity contribution in [1.82, 2.24) is 9.78 Å². The molecule has 4 nitrogen and oxygen atoms in total. The van der Waals surface area contributed by atoms with Gasteiger partial charge in [-0.2, -0.15) is 16.4 Å². The number of nitrogens with zero attached hydrogens (tertiary/aromatic N) is 2. The van der Waals surface area contributed by atoms with Gasteiger partial charge in [0, 0.05) is 11.6 Å². The molecule has 0 aromatic carbocycles. The quantitative estimate of drug-likeness (QED) is 0.733. The van der Waals surface area contributed by atoms with Crippen LogP contribution in [0.3, 0.4) is 0 Å². The Morgan fingerprint density at radius 2 is 2.26 bits per heavy atom. The summed E-state index contributed by atoms with van der Waals surface area (Å²) in [6, 6.07) is 7.24. The van der Waals surface area contributed by atoms with Crippen molar-refractivity contribution < 1.29 is 9.21 Å². The molecule has 0 saturated carbocycles. The Bertz CT molecular complexity index is 694. The molecule has 3 aromatic rings. The van der Waals surface area contributed by atoms with Gasteiger partial charge >= 0.3 is 0 Å². The summed E-state index contributed by atoms with van der Waals surface area (Å²) in [6.45, 7) is 0. The number of carbonyl (C=O) groups excluding carboxylic acids is 1. The summed E-state index contributed by atoms with van der Waals surface area (Å²) in [5, 5.41) is 7.89. The number of carbonyl (C=O) groups is 1. The maximum Gasteiger partial charge on any atom is 0.278 e. The van der Waals surface area contributed by atoms with Gasteiger partial charge in [-0.1, -0.05) is 0 Å².